The highest BCUT2D eigenvalue weighted by Crippen LogP contribution is 2.38. The first-order chi connectivity index (χ1) is 9.15. The number of hydrogen-bond donors (Lipinski definition) is 0. The molecule has 98 valence electrons. The molecule has 1 atom stereocenters. The van der Waals surface area contributed by atoms with Crippen LogP contribution in [0, 0.1) is 0 Å². The second kappa shape index (κ2) is 5.47. The number of rotatable bonds is 2. The molecule has 1 aliphatic heterocycles. The molecule has 0 N–H and O–H groups in total. The average Bonchev–Trinajstić information content (AvgIpc) is 2.85. The van der Waals surface area contributed by atoms with E-state index in [1.165, 1.54) is 11.1 Å². The molecule has 1 heterocycles. The molecule has 0 radical (unpaired) electrons. The monoisotopic (exact) mass is 400 g/mol. The lowest BCUT2D eigenvalue weighted by molar-refractivity contribution is 0.357. The summed E-state index contributed by atoms with van der Waals surface area (Å²) in [5.41, 5.74) is 3.55. The average molecular weight is 403 g/mol. The first-order valence-corrected chi connectivity index (χ1v) is 8.08. The van der Waals surface area contributed by atoms with E-state index in [0.717, 1.165) is 33.8 Å². The Morgan fingerprint density at radius 1 is 1.16 bits per heavy atom. The third-order valence-corrected chi connectivity index (χ3v) is 5.08. The Hall–Kier alpha value is -0.510. The minimum atomic E-state index is 0.0963. The van der Waals surface area contributed by atoms with Crippen molar-refractivity contribution >= 4 is 43.5 Å². The number of halogens is 3. The summed E-state index contributed by atoms with van der Waals surface area (Å²) in [7, 11) is 0. The zero-order valence-electron chi connectivity index (χ0n) is 10.00. The third-order valence-electron chi connectivity index (χ3n) is 3.24. The molecule has 2 aromatic rings. The minimum Gasteiger partial charge on any atom is -0.493 e. The van der Waals surface area contributed by atoms with Crippen LogP contribution in [0.1, 0.15) is 21.5 Å². The number of fused-ring (bicyclic) bond motifs is 1. The van der Waals surface area contributed by atoms with E-state index in [2.05, 4.69) is 44.0 Å². The fourth-order valence-electron chi connectivity index (χ4n) is 2.25. The Bertz CT molecular complexity index is 628. The maximum atomic E-state index is 6.31. The van der Waals surface area contributed by atoms with Gasteiger partial charge in [-0.1, -0.05) is 61.7 Å². The van der Waals surface area contributed by atoms with Gasteiger partial charge in [0.05, 0.1) is 11.4 Å². The summed E-state index contributed by atoms with van der Waals surface area (Å²) in [5, 5.41) is 0.757. The van der Waals surface area contributed by atoms with E-state index in [1.54, 1.807) is 0 Å². The Morgan fingerprint density at radius 3 is 2.79 bits per heavy atom. The molecule has 0 saturated heterocycles. The van der Waals surface area contributed by atoms with Crippen LogP contribution in [0.3, 0.4) is 0 Å². The van der Waals surface area contributed by atoms with Crippen molar-refractivity contribution < 1.29 is 4.74 Å². The van der Waals surface area contributed by atoms with Gasteiger partial charge < -0.3 is 4.74 Å². The first-order valence-electron chi connectivity index (χ1n) is 6.00. The smallest absolute Gasteiger partial charge is 0.122 e. The van der Waals surface area contributed by atoms with Gasteiger partial charge in [-0.3, -0.25) is 0 Å². The second-order valence-corrected chi connectivity index (χ2v) is 6.73. The third kappa shape index (κ3) is 2.69. The normalized spacial score (nSPS) is 14.9. The van der Waals surface area contributed by atoms with Crippen LogP contribution in [0.4, 0.5) is 0 Å². The largest absolute Gasteiger partial charge is 0.493 e. The molecule has 1 nitrogen and oxygen atoms in total. The predicted molar refractivity (Wildman–Crippen MR) is 85.6 cm³/mol. The Kier molecular flexibility index (Phi) is 3.88. The van der Waals surface area contributed by atoms with Gasteiger partial charge in [0.15, 0.2) is 0 Å². The van der Waals surface area contributed by atoms with E-state index in [0.29, 0.717) is 0 Å². The summed E-state index contributed by atoms with van der Waals surface area (Å²) in [5.74, 6) is 1.00. The molecule has 19 heavy (non-hydrogen) atoms. The molecule has 1 unspecified atom stereocenters. The zero-order chi connectivity index (χ0) is 13.4. The van der Waals surface area contributed by atoms with Gasteiger partial charge in [-0.25, -0.2) is 0 Å². The van der Waals surface area contributed by atoms with Gasteiger partial charge in [0.2, 0.25) is 0 Å². The molecule has 2 aromatic carbocycles. The van der Waals surface area contributed by atoms with Crippen LogP contribution in [-0.4, -0.2) is 6.61 Å². The molecular weight excluding hydrogens is 391 g/mol. The lowest BCUT2D eigenvalue weighted by Crippen LogP contribution is -1.95. The highest BCUT2D eigenvalue weighted by atomic mass is 79.9. The summed E-state index contributed by atoms with van der Waals surface area (Å²) >= 11 is 13.5. The molecule has 0 bridgehead atoms. The predicted octanol–water partition coefficient (Wildman–Crippen LogP) is 5.52. The van der Waals surface area contributed by atoms with Crippen molar-refractivity contribution in [1.82, 2.24) is 0 Å². The molecule has 0 spiro atoms. The number of alkyl halides is 1. The lowest BCUT2D eigenvalue weighted by atomic mass is 10.0. The van der Waals surface area contributed by atoms with Crippen molar-refractivity contribution in [2.45, 2.75) is 11.2 Å². The van der Waals surface area contributed by atoms with Crippen LogP contribution >= 0.6 is 43.5 Å². The van der Waals surface area contributed by atoms with Crippen LogP contribution in [0.2, 0.25) is 5.02 Å². The van der Waals surface area contributed by atoms with E-state index in [9.17, 15) is 0 Å². The standard InChI is InChI=1S/C15H11Br2ClO/c16-11-2-3-12(13(18)8-11)15(17)10-1-4-14-9(7-10)5-6-19-14/h1-4,7-8,15H,5-6H2. The highest BCUT2D eigenvalue weighted by Gasteiger charge is 2.18. The maximum absolute atomic E-state index is 6.31. The van der Waals surface area contributed by atoms with E-state index in [4.69, 9.17) is 16.3 Å². The summed E-state index contributed by atoms with van der Waals surface area (Å²) in [6, 6.07) is 12.3. The Morgan fingerprint density at radius 2 is 2.00 bits per heavy atom. The molecule has 0 amide bonds. The molecule has 0 aliphatic carbocycles. The molecule has 4 heteroatoms. The molecule has 1 aliphatic rings. The SMILES string of the molecule is Clc1cc(Br)ccc1C(Br)c1ccc2c(c1)CCO2. The van der Waals surface area contributed by atoms with Crippen LogP contribution in [0.25, 0.3) is 0 Å². The van der Waals surface area contributed by atoms with Gasteiger partial charge in [0.1, 0.15) is 5.75 Å². The molecule has 3 rings (SSSR count). The fourth-order valence-corrected chi connectivity index (χ4v) is 3.85. The molecular formula is C15H11Br2ClO. The van der Waals surface area contributed by atoms with Crippen LogP contribution < -0.4 is 4.74 Å². The van der Waals surface area contributed by atoms with E-state index >= 15 is 0 Å². The van der Waals surface area contributed by atoms with E-state index in [-0.39, 0.29) is 4.83 Å². The van der Waals surface area contributed by atoms with Gasteiger partial charge >= 0.3 is 0 Å². The molecule has 0 aromatic heterocycles. The fraction of sp³-hybridized carbons (Fsp3) is 0.200. The van der Waals surface area contributed by atoms with Gasteiger partial charge in [0, 0.05) is 15.9 Å². The van der Waals surface area contributed by atoms with Crippen molar-refractivity contribution in [3.05, 3.63) is 62.6 Å². The highest BCUT2D eigenvalue weighted by molar-refractivity contribution is 9.10. The van der Waals surface area contributed by atoms with Crippen molar-refractivity contribution in [2.75, 3.05) is 6.61 Å². The molecule has 0 saturated carbocycles. The second-order valence-electron chi connectivity index (χ2n) is 4.49. The van der Waals surface area contributed by atoms with E-state index < -0.39 is 0 Å². The quantitative estimate of drug-likeness (QED) is 0.601. The summed E-state index contributed by atoms with van der Waals surface area (Å²) in [6.07, 6.45) is 0.983. The number of benzene rings is 2. The van der Waals surface area contributed by atoms with Gasteiger partial charge in [-0.15, -0.1) is 0 Å². The number of hydrogen-bond acceptors (Lipinski definition) is 1. The lowest BCUT2D eigenvalue weighted by Gasteiger charge is -2.14. The summed E-state index contributed by atoms with van der Waals surface area (Å²) in [4.78, 5) is 0.0963. The van der Waals surface area contributed by atoms with Crippen molar-refractivity contribution in [2.24, 2.45) is 0 Å². The maximum Gasteiger partial charge on any atom is 0.122 e. The summed E-state index contributed by atoms with van der Waals surface area (Å²) in [6.45, 7) is 0.783. The van der Waals surface area contributed by atoms with Crippen molar-refractivity contribution in [1.29, 1.82) is 0 Å². The van der Waals surface area contributed by atoms with Crippen molar-refractivity contribution in [3.8, 4) is 5.75 Å². The first kappa shape index (κ1) is 13.5. The number of ether oxygens (including phenoxy) is 1. The van der Waals surface area contributed by atoms with Crippen LogP contribution in [0.15, 0.2) is 40.9 Å². The minimum absolute atomic E-state index is 0.0963. The topological polar surface area (TPSA) is 9.23 Å². The molecule has 0 fully saturated rings. The van der Waals surface area contributed by atoms with Gasteiger partial charge in [-0.2, -0.15) is 0 Å². The van der Waals surface area contributed by atoms with Crippen LogP contribution in [0.5, 0.6) is 5.75 Å². The Balaban J connectivity index is 1.97. The van der Waals surface area contributed by atoms with Crippen molar-refractivity contribution in [3.63, 3.8) is 0 Å². The Labute approximate surface area is 134 Å². The van der Waals surface area contributed by atoms with E-state index in [1.807, 2.05) is 24.3 Å². The zero-order valence-corrected chi connectivity index (χ0v) is 13.9. The van der Waals surface area contributed by atoms with Gasteiger partial charge in [0.25, 0.3) is 0 Å². The van der Waals surface area contributed by atoms with Gasteiger partial charge in [-0.05, 0) is 34.9 Å². The van der Waals surface area contributed by atoms with Crippen LogP contribution in [-0.2, 0) is 6.42 Å². The summed E-state index contributed by atoms with van der Waals surface area (Å²) < 4.78 is 6.52.